The van der Waals surface area contributed by atoms with E-state index in [9.17, 15) is 5.11 Å². The van der Waals surface area contributed by atoms with E-state index < -0.39 is 5.60 Å². The third-order valence-electron chi connectivity index (χ3n) is 11.2. The van der Waals surface area contributed by atoms with Gasteiger partial charge in [-0.1, -0.05) is 78.4 Å². The summed E-state index contributed by atoms with van der Waals surface area (Å²) in [7, 11) is 0. The van der Waals surface area contributed by atoms with E-state index in [0.717, 1.165) is 42.9 Å². The Morgan fingerprint density at radius 2 is 1.74 bits per heavy atom. The number of hydrogen-bond acceptors (Lipinski definition) is 1. The molecule has 0 radical (unpaired) electrons. The maximum Gasteiger partial charge on any atom is 0.128 e. The minimum absolute atomic E-state index is 0.194. The van der Waals surface area contributed by atoms with Gasteiger partial charge in [0.25, 0.3) is 0 Å². The minimum atomic E-state index is -0.900. The van der Waals surface area contributed by atoms with Crippen LogP contribution < -0.4 is 0 Å². The van der Waals surface area contributed by atoms with Crippen molar-refractivity contribution in [1.82, 2.24) is 0 Å². The van der Waals surface area contributed by atoms with Crippen molar-refractivity contribution >= 4 is 0 Å². The number of aliphatic hydroxyl groups is 1. The summed E-state index contributed by atoms with van der Waals surface area (Å²) in [5, 5.41) is 11.0. The van der Waals surface area contributed by atoms with Crippen molar-refractivity contribution in [3.8, 4) is 12.3 Å². The Morgan fingerprint density at radius 3 is 2.42 bits per heavy atom. The van der Waals surface area contributed by atoms with E-state index in [2.05, 4.69) is 53.5 Å². The number of fused-ring (bicyclic) bond motifs is 5. The van der Waals surface area contributed by atoms with Crippen LogP contribution in [-0.2, 0) is 0 Å². The molecule has 1 unspecified atom stereocenters. The topological polar surface area (TPSA) is 20.2 Å². The van der Waals surface area contributed by atoms with Gasteiger partial charge in [0, 0.05) is 0 Å². The van der Waals surface area contributed by atoms with Gasteiger partial charge in [0.15, 0.2) is 0 Å². The Hall–Kier alpha value is -0.740. The zero-order chi connectivity index (χ0) is 22.6. The highest BCUT2D eigenvalue weighted by atomic mass is 16.3. The molecule has 4 aliphatic rings. The number of hydrogen-bond donors (Lipinski definition) is 1. The van der Waals surface area contributed by atoms with Crippen molar-refractivity contribution < 1.29 is 5.11 Å². The Labute approximate surface area is 192 Å². The van der Waals surface area contributed by atoms with Crippen molar-refractivity contribution in [2.75, 3.05) is 0 Å². The highest BCUT2D eigenvalue weighted by Crippen LogP contribution is 2.68. The summed E-state index contributed by atoms with van der Waals surface area (Å²) < 4.78 is 0. The molecule has 4 rings (SSSR count). The molecule has 31 heavy (non-hydrogen) atoms. The van der Waals surface area contributed by atoms with Gasteiger partial charge in [-0.15, -0.1) is 6.42 Å². The Morgan fingerprint density at radius 1 is 1.03 bits per heavy atom. The molecule has 0 aliphatic heterocycles. The maximum absolute atomic E-state index is 11.0. The second-order valence-electron chi connectivity index (χ2n) is 13.0. The van der Waals surface area contributed by atoms with Crippen LogP contribution in [0.3, 0.4) is 0 Å². The summed E-state index contributed by atoms with van der Waals surface area (Å²) in [6, 6.07) is 0. The molecule has 0 amide bonds. The summed E-state index contributed by atoms with van der Waals surface area (Å²) >= 11 is 0. The molecular formula is C30H48O. The average molecular weight is 425 g/mol. The van der Waals surface area contributed by atoms with Gasteiger partial charge in [-0.05, 0) is 97.2 Å². The Kier molecular flexibility index (Phi) is 6.22. The lowest BCUT2D eigenvalue weighted by Crippen LogP contribution is -2.56. The molecule has 0 saturated heterocycles. The van der Waals surface area contributed by atoms with Crippen LogP contribution in [0.4, 0.5) is 0 Å². The fourth-order valence-electron chi connectivity index (χ4n) is 9.16. The van der Waals surface area contributed by atoms with Gasteiger partial charge in [0.1, 0.15) is 5.60 Å². The molecule has 1 N–H and O–H groups in total. The average Bonchev–Trinajstić information content (AvgIpc) is 3.08. The van der Waals surface area contributed by atoms with Gasteiger partial charge >= 0.3 is 0 Å². The molecule has 0 aromatic rings. The van der Waals surface area contributed by atoms with Crippen LogP contribution in [0, 0.1) is 64.6 Å². The van der Waals surface area contributed by atoms with Gasteiger partial charge in [-0.2, -0.15) is 0 Å². The van der Waals surface area contributed by atoms with Crippen LogP contribution in [0.1, 0.15) is 106 Å². The second-order valence-corrected chi connectivity index (χ2v) is 13.0. The predicted octanol–water partition coefficient (Wildman–Crippen LogP) is 7.64. The predicted molar refractivity (Wildman–Crippen MR) is 131 cm³/mol. The SMILES string of the molecule is C#C[C@]1(O)CC[C@@]2(C)C(CC=C3[C@@H]4CC[C@H]([C@H](C)CCCC(C)C)[C@@]4(C)CC[C@@H]32)[C@@H]1C. The molecule has 0 spiro atoms. The second kappa shape index (κ2) is 8.24. The highest BCUT2D eigenvalue weighted by Gasteiger charge is 2.60. The fourth-order valence-corrected chi connectivity index (χ4v) is 9.16. The highest BCUT2D eigenvalue weighted by molar-refractivity contribution is 5.30. The Balaban J connectivity index is 1.54. The van der Waals surface area contributed by atoms with Gasteiger partial charge < -0.3 is 5.11 Å². The zero-order valence-corrected chi connectivity index (χ0v) is 21.2. The van der Waals surface area contributed by atoms with Gasteiger partial charge in [-0.3, -0.25) is 0 Å². The first kappa shape index (κ1) is 23.4. The fraction of sp³-hybridized carbons (Fsp3) is 0.867. The van der Waals surface area contributed by atoms with Crippen molar-refractivity contribution in [2.24, 2.45) is 52.3 Å². The van der Waals surface area contributed by atoms with E-state index in [0.29, 0.717) is 22.7 Å². The summed E-state index contributed by atoms with van der Waals surface area (Å²) in [5.74, 6) is 7.59. The van der Waals surface area contributed by atoms with Crippen molar-refractivity contribution in [3.63, 3.8) is 0 Å². The van der Waals surface area contributed by atoms with E-state index in [-0.39, 0.29) is 5.92 Å². The standard InChI is InChI=1S/C30H48O/c1-8-30(31)19-18-29(7)25(22(30)5)13-12-23-26-15-14-24(21(4)11-9-10-20(2)3)28(26,6)17-16-27(23)29/h1,12,20-22,24-27,31H,9-11,13-19H2,2-7H3/t21-,22+,24-,25?,26+,27+,28-,29+,30+/m1/s1. The molecule has 9 atom stereocenters. The summed E-state index contributed by atoms with van der Waals surface area (Å²) in [6.07, 6.45) is 21.2. The molecule has 0 aromatic carbocycles. The largest absolute Gasteiger partial charge is 0.377 e. The number of allylic oxidation sites excluding steroid dienone is 2. The van der Waals surface area contributed by atoms with Gasteiger partial charge in [-0.25, -0.2) is 0 Å². The third-order valence-corrected chi connectivity index (χ3v) is 11.2. The van der Waals surface area contributed by atoms with E-state index >= 15 is 0 Å². The van der Waals surface area contributed by atoms with Crippen molar-refractivity contribution in [1.29, 1.82) is 0 Å². The van der Waals surface area contributed by atoms with E-state index in [1.165, 1.54) is 44.9 Å². The molecule has 0 bridgehead atoms. The van der Waals surface area contributed by atoms with Crippen LogP contribution in [0.25, 0.3) is 0 Å². The lowest BCUT2D eigenvalue weighted by molar-refractivity contribution is -0.107. The minimum Gasteiger partial charge on any atom is -0.377 e. The quantitative estimate of drug-likeness (QED) is 0.355. The first-order chi connectivity index (χ1) is 14.6. The zero-order valence-electron chi connectivity index (χ0n) is 21.2. The van der Waals surface area contributed by atoms with Gasteiger partial charge in [0.05, 0.1) is 0 Å². The van der Waals surface area contributed by atoms with Crippen LogP contribution in [0.15, 0.2) is 11.6 Å². The number of rotatable bonds is 5. The summed E-state index contributed by atoms with van der Waals surface area (Å²) in [4.78, 5) is 0. The molecular weight excluding hydrogens is 376 g/mol. The normalized spacial score (nSPS) is 47.7. The van der Waals surface area contributed by atoms with E-state index in [4.69, 9.17) is 6.42 Å². The summed E-state index contributed by atoms with van der Waals surface area (Å²) in [6.45, 7) is 14.7. The molecule has 0 aromatic heterocycles. The lowest BCUT2D eigenvalue weighted by atomic mass is 9.45. The van der Waals surface area contributed by atoms with Crippen LogP contribution in [0.2, 0.25) is 0 Å². The van der Waals surface area contributed by atoms with E-state index in [1.807, 2.05) is 5.57 Å². The monoisotopic (exact) mass is 424 g/mol. The molecule has 0 heterocycles. The maximum atomic E-state index is 11.0. The first-order valence-corrected chi connectivity index (χ1v) is 13.5. The van der Waals surface area contributed by atoms with Crippen LogP contribution >= 0.6 is 0 Å². The van der Waals surface area contributed by atoms with Gasteiger partial charge in [0.2, 0.25) is 0 Å². The van der Waals surface area contributed by atoms with Crippen LogP contribution in [0.5, 0.6) is 0 Å². The molecule has 1 heteroatoms. The number of terminal acetylenes is 1. The van der Waals surface area contributed by atoms with E-state index in [1.54, 1.807) is 0 Å². The smallest absolute Gasteiger partial charge is 0.128 e. The first-order valence-electron chi connectivity index (χ1n) is 13.5. The molecule has 174 valence electrons. The summed E-state index contributed by atoms with van der Waals surface area (Å²) in [5.41, 5.74) is 1.74. The molecule has 3 saturated carbocycles. The van der Waals surface area contributed by atoms with Crippen LogP contribution in [-0.4, -0.2) is 10.7 Å². The Bertz CT molecular complexity index is 742. The lowest BCUT2D eigenvalue weighted by Gasteiger charge is -2.60. The molecule has 4 aliphatic carbocycles. The van der Waals surface area contributed by atoms with Crippen molar-refractivity contribution in [2.45, 2.75) is 111 Å². The molecule has 3 fully saturated rings. The molecule has 1 nitrogen and oxygen atoms in total. The van der Waals surface area contributed by atoms with Crippen molar-refractivity contribution in [3.05, 3.63) is 11.6 Å². The third kappa shape index (κ3) is 3.64.